The molecule has 96 valence electrons. The second-order valence-corrected chi connectivity index (χ2v) is 3.64. The smallest absolute Gasteiger partial charge is 0.258 e. The molecule has 2 aromatic rings. The lowest BCUT2D eigenvalue weighted by molar-refractivity contribution is 0.102. The summed E-state index contributed by atoms with van der Waals surface area (Å²) in [5.74, 6) is 4.29. The SMILES string of the molecule is NCC#Cc1ccc(NC(=O)c2cn[nH]c2)cc1F. The molecule has 0 unspecified atom stereocenters. The summed E-state index contributed by atoms with van der Waals surface area (Å²) >= 11 is 0. The van der Waals surface area contributed by atoms with Crippen molar-refractivity contribution in [2.45, 2.75) is 0 Å². The fourth-order valence-electron chi connectivity index (χ4n) is 1.42. The predicted octanol–water partition coefficient (Wildman–Crippen LogP) is 1.11. The van der Waals surface area contributed by atoms with Gasteiger partial charge in [-0.2, -0.15) is 5.10 Å². The maximum absolute atomic E-state index is 13.7. The van der Waals surface area contributed by atoms with E-state index in [4.69, 9.17) is 5.73 Å². The number of aromatic nitrogens is 2. The van der Waals surface area contributed by atoms with Crippen molar-refractivity contribution >= 4 is 11.6 Å². The number of nitrogens with zero attached hydrogens (tertiary/aromatic N) is 1. The van der Waals surface area contributed by atoms with Crippen molar-refractivity contribution in [3.05, 3.63) is 47.5 Å². The first-order chi connectivity index (χ1) is 9.20. The van der Waals surface area contributed by atoms with Crippen LogP contribution in [0, 0.1) is 17.7 Å². The molecule has 1 aromatic heterocycles. The molecule has 0 radical (unpaired) electrons. The highest BCUT2D eigenvalue weighted by molar-refractivity contribution is 6.03. The maximum atomic E-state index is 13.7. The topological polar surface area (TPSA) is 83.8 Å². The van der Waals surface area contributed by atoms with E-state index in [9.17, 15) is 9.18 Å². The van der Waals surface area contributed by atoms with Gasteiger partial charge in [-0.05, 0) is 18.2 Å². The van der Waals surface area contributed by atoms with E-state index in [1.807, 2.05) is 0 Å². The zero-order valence-electron chi connectivity index (χ0n) is 9.90. The van der Waals surface area contributed by atoms with Crippen molar-refractivity contribution in [2.75, 3.05) is 11.9 Å². The Morgan fingerprint density at radius 1 is 1.53 bits per heavy atom. The monoisotopic (exact) mass is 258 g/mol. The third kappa shape index (κ3) is 3.18. The van der Waals surface area contributed by atoms with E-state index in [0.29, 0.717) is 11.3 Å². The number of nitrogens with two attached hydrogens (primary N) is 1. The molecule has 2 rings (SSSR count). The van der Waals surface area contributed by atoms with Gasteiger partial charge in [-0.1, -0.05) is 11.8 Å². The summed E-state index contributed by atoms with van der Waals surface area (Å²) in [4.78, 5) is 11.7. The third-order valence-electron chi connectivity index (χ3n) is 2.31. The van der Waals surface area contributed by atoms with E-state index in [-0.39, 0.29) is 18.0 Å². The van der Waals surface area contributed by atoms with Crippen LogP contribution in [0.3, 0.4) is 0 Å². The molecule has 0 aliphatic carbocycles. The number of carbonyl (C=O) groups is 1. The van der Waals surface area contributed by atoms with E-state index in [2.05, 4.69) is 27.4 Å². The molecule has 0 spiro atoms. The highest BCUT2D eigenvalue weighted by atomic mass is 19.1. The Bertz CT molecular complexity index is 640. The number of hydrogen-bond acceptors (Lipinski definition) is 3. The Morgan fingerprint density at radius 2 is 2.37 bits per heavy atom. The third-order valence-corrected chi connectivity index (χ3v) is 2.31. The van der Waals surface area contributed by atoms with Crippen molar-refractivity contribution in [2.24, 2.45) is 5.73 Å². The van der Waals surface area contributed by atoms with Gasteiger partial charge < -0.3 is 11.1 Å². The first-order valence-electron chi connectivity index (χ1n) is 5.49. The molecular formula is C13H11FN4O. The fourth-order valence-corrected chi connectivity index (χ4v) is 1.42. The summed E-state index contributed by atoms with van der Waals surface area (Å²) in [5, 5.41) is 8.74. The van der Waals surface area contributed by atoms with Crippen LogP contribution < -0.4 is 11.1 Å². The Labute approximate surface area is 109 Å². The number of nitrogens with one attached hydrogen (secondary N) is 2. The standard InChI is InChI=1S/C13H11FN4O/c14-12-6-11(4-3-9(12)2-1-5-15)18-13(19)10-7-16-17-8-10/h3-4,6-8H,5,15H2,(H,16,17)(H,18,19). The van der Waals surface area contributed by atoms with Crippen LogP contribution in [0.25, 0.3) is 0 Å². The van der Waals surface area contributed by atoms with Crippen LogP contribution in [0.1, 0.15) is 15.9 Å². The van der Waals surface area contributed by atoms with Crippen LogP contribution in [0.5, 0.6) is 0 Å². The van der Waals surface area contributed by atoms with Gasteiger partial charge in [-0.3, -0.25) is 9.89 Å². The van der Waals surface area contributed by atoms with Gasteiger partial charge in [-0.15, -0.1) is 0 Å². The highest BCUT2D eigenvalue weighted by Crippen LogP contribution is 2.14. The number of aromatic amines is 1. The van der Waals surface area contributed by atoms with E-state index in [1.54, 1.807) is 6.07 Å². The molecule has 0 bridgehead atoms. The minimum atomic E-state index is -0.508. The van der Waals surface area contributed by atoms with E-state index >= 15 is 0 Å². The molecule has 4 N–H and O–H groups in total. The van der Waals surface area contributed by atoms with E-state index in [0.717, 1.165) is 0 Å². The molecule has 0 fully saturated rings. The molecule has 0 saturated carbocycles. The van der Waals surface area contributed by atoms with Gasteiger partial charge in [0.25, 0.3) is 5.91 Å². The summed E-state index contributed by atoms with van der Waals surface area (Å²) in [6.07, 6.45) is 2.83. The molecular weight excluding hydrogens is 247 g/mol. The molecule has 0 saturated heterocycles. The molecule has 1 aromatic carbocycles. The summed E-state index contributed by atoms with van der Waals surface area (Å²) in [6, 6.07) is 4.27. The van der Waals surface area contributed by atoms with Gasteiger partial charge in [0.05, 0.1) is 23.9 Å². The van der Waals surface area contributed by atoms with Crippen LogP contribution in [-0.2, 0) is 0 Å². The van der Waals surface area contributed by atoms with Gasteiger partial charge in [0.15, 0.2) is 0 Å². The zero-order chi connectivity index (χ0) is 13.7. The number of amides is 1. The van der Waals surface area contributed by atoms with Crippen LogP contribution >= 0.6 is 0 Å². The Kier molecular flexibility index (Phi) is 3.90. The molecule has 19 heavy (non-hydrogen) atoms. The average molecular weight is 258 g/mol. The number of anilines is 1. The van der Waals surface area contributed by atoms with Crippen molar-refractivity contribution < 1.29 is 9.18 Å². The summed E-state index contributed by atoms with van der Waals surface area (Å²) in [6.45, 7) is 0.165. The lowest BCUT2D eigenvalue weighted by Gasteiger charge is -2.04. The lowest BCUT2D eigenvalue weighted by Crippen LogP contribution is -2.11. The van der Waals surface area contributed by atoms with Crippen molar-refractivity contribution in [3.8, 4) is 11.8 Å². The molecule has 0 aliphatic rings. The normalized spacial score (nSPS) is 9.58. The van der Waals surface area contributed by atoms with E-state index in [1.165, 1.54) is 24.5 Å². The van der Waals surface area contributed by atoms with Crippen molar-refractivity contribution in [1.82, 2.24) is 10.2 Å². The van der Waals surface area contributed by atoms with Gasteiger partial charge in [0.2, 0.25) is 0 Å². The number of carbonyl (C=O) groups excluding carboxylic acids is 1. The van der Waals surface area contributed by atoms with Crippen LogP contribution in [-0.4, -0.2) is 22.6 Å². The molecule has 6 heteroatoms. The van der Waals surface area contributed by atoms with Crippen LogP contribution in [0.4, 0.5) is 10.1 Å². The van der Waals surface area contributed by atoms with E-state index < -0.39 is 5.82 Å². The number of halogens is 1. The van der Waals surface area contributed by atoms with Gasteiger partial charge in [-0.25, -0.2) is 4.39 Å². The first kappa shape index (κ1) is 12.8. The number of benzene rings is 1. The first-order valence-corrected chi connectivity index (χ1v) is 5.49. The van der Waals surface area contributed by atoms with Crippen molar-refractivity contribution in [3.63, 3.8) is 0 Å². The number of H-pyrrole nitrogens is 1. The molecule has 5 nitrogen and oxygen atoms in total. The van der Waals surface area contributed by atoms with Crippen LogP contribution in [0.15, 0.2) is 30.6 Å². The van der Waals surface area contributed by atoms with Crippen molar-refractivity contribution in [1.29, 1.82) is 0 Å². The van der Waals surface area contributed by atoms with Gasteiger partial charge in [0.1, 0.15) is 5.82 Å². The quantitative estimate of drug-likeness (QED) is 0.705. The summed E-state index contributed by atoms with van der Waals surface area (Å²) in [7, 11) is 0. The molecule has 0 aliphatic heterocycles. The zero-order valence-corrected chi connectivity index (χ0v) is 9.90. The van der Waals surface area contributed by atoms with Gasteiger partial charge >= 0.3 is 0 Å². The molecule has 1 heterocycles. The average Bonchev–Trinajstić information content (AvgIpc) is 2.92. The molecule has 1 amide bonds. The van der Waals surface area contributed by atoms with Crippen LogP contribution in [0.2, 0.25) is 0 Å². The summed E-state index contributed by atoms with van der Waals surface area (Å²) < 4.78 is 13.7. The fraction of sp³-hybridized carbons (Fsp3) is 0.0769. The lowest BCUT2D eigenvalue weighted by atomic mass is 10.2. The number of rotatable bonds is 2. The highest BCUT2D eigenvalue weighted by Gasteiger charge is 2.08. The second-order valence-electron chi connectivity index (χ2n) is 3.64. The predicted molar refractivity (Wildman–Crippen MR) is 68.9 cm³/mol. The van der Waals surface area contributed by atoms with Gasteiger partial charge in [0, 0.05) is 11.9 Å². The minimum absolute atomic E-state index is 0.165. The minimum Gasteiger partial charge on any atom is -0.322 e. The molecule has 0 atom stereocenters. The maximum Gasteiger partial charge on any atom is 0.258 e. The Balaban J connectivity index is 2.14. The second kappa shape index (κ2) is 5.80. The summed E-state index contributed by atoms with van der Waals surface area (Å²) in [5.41, 5.74) is 6.17. The largest absolute Gasteiger partial charge is 0.322 e. The number of hydrogen-bond donors (Lipinski definition) is 3. The Hall–Kier alpha value is -2.65. The Morgan fingerprint density at radius 3 is 3.00 bits per heavy atom.